The largest absolute Gasteiger partial charge is 0.358 e. The summed E-state index contributed by atoms with van der Waals surface area (Å²) in [6.07, 6.45) is 1.56. The summed E-state index contributed by atoms with van der Waals surface area (Å²) >= 11 is 6.15. The SMILES string of the molecule is CCn1cc(C(=O)NCc2ccccc2Cl)c(=O)c2cc(F)c(N3CC[NH+](C)CC3)cc21. The van der Waals surface area contributed by atoms with Crippen LogP contribution in [0.4, 0.5) is 10.1 Å². The molecule has 3 aromatic rings. The predicted molar refractivity (Wildman–Crippen MR) is 125 cm³/mol. The van der Waals surface area contributed by atoms with Crippen LogP contribution in [-0.2, 0) is 13.1 Å². The van der Waals surface area contributed by atoms with Gasteiger partial charge < -0.3 is 19.7 Å². The van der Waals surface area contributed by atoms with Gasteiger partial charge in [0.15, 0.2) is 0 Å². The number of hydrogen-bond acceptors (Lipinski definition) is 3. The van der Waals surface area contributed by atoms with Crippen molar-refractivity contribution in [1.82, 2.24) is 9.88 Å². The number of aromatic nitrogens is 1. The first-order valence-corrected chi connectivity index (χ1v) is 11.2. The Morgan fingerprint density at radius 2 is 1.94 bits per heavy atom. The highest BCUT2D eigenvalue weighted by molar-refractivity contribution is 6.31. The lowest BCUT2D eigenvalue weighted by atomic mass is 10.1. The number of piperazine rings is 1. The summed E-state index contributed by atoms with van der Waals surface area (Å²) < 4.78 is 16.9. The van der Waals surface area contributed by atoms with Crippen LogP contribution in [0.2, 0.25) is 5.02 Å². The summed E-state index contributed by atoms with van der Waals surface area (Å²) in [6.45, 7) is 6.05. The highest BCUT2D eigenvalue weighted by atomic mass is 35.5. The number of quaternary nitrogens is 1. The molecule has 1 aliphatic rings. The van der Waals surface area contributed by atoms with Crippen LogP contribution in [0.15, 0.2) is 47.4 Å². The maximum atomic E-state index is 15.1. The van der Waals surface area contributed by atoms with Crippen LogP contribution in [0.1, 0.15) is 22.8 Å². The summed E-state index contributed by atoms with van der Waals surface area (Å²) in [5, 5.41) is 3.50. The Balaban J connectivity index is 1.68. The van der Waals surface area contributed by atoms with E-state index in [9.17, 15) is 9.59 Å². The van der Waals surface area contributed by atoms with Crippen LogP contribution >= 0.6 is 11.6 Å². The van der Waals surface area contributed by atoms with Crippen molar-refractivity contribution in [3.05, 3.63) is 74.8 Å². The lowest BCUT2D eigenvalue weighted by molar-refractivity contribution is -0.880. The normalized spacial score (nSPS) is 14.7. The Morgan fingerprint density at radius 1 is 1.22 bits per heavy atom. The molecular weight excluding hydrogens is 431 g/mol. The highest BCUT2D eigenvalue weighted by Gasteiger charge is 2.22. The van der Waals surface area contributed by atoms with Gasteiger partial charge in [0.1, 0.15) is 11.4 Å². The van der Waals surface area contributed by atoms with E-state index in [0.29, 0.717) is 22.8 Å². The van der Waals surface area contributed by atoms with Crippen LogP contribution in [0, 0.1) is 5.82 Å². The number of nitrogens with zero attached hydrogens (tertiary/aromatic N) is 2. The van der Waals surface area contributed by atoms with Gasteiger partial charge in [-0.25, -0.2) is 4.39 Å². The zero-order valence-electron chi connectivity index (χ0n) is 18.3. The molecule has 0 bridgehead atoms. The number of nitrogens with one attached hydrogen (secondary N) is 2. The van der Waals surface area contributed by atoms with Gasteiger partial charge in [-0.2, -0.15) is 0 Å². The van der Waals surface area contributed by atoms with Crippen molar-refractivity contribution >= 4 is 34.1 Å². The van der Waals surface area contributed by atoms with Gasteiger partial charge in [0.25, 0.3) is 5.91 Å². The third kappa shape index (κ3) is 4.36. The van der Waals surface area contributed by atoms with Crippen molar-refractivity contribution in [2.24, 2.45) is 0 Å². The number of likely N-dealkylation sites (N-methyl/N-ethyl adjacent to an activating group) is 1. The number of amides is 1. The van der Waals surface area contributed by atoms with E-state index in [4.69, 9.17) is 11.6 Å². The van der Waals surface area contributed by atoms with Gasteiger partial charge in [0.2, 0.25) is 5.43 Å². The van der Waals surface area contributed by atoms with Gasteiger partial charge in [0.05, 0.1) is 44.4 Å². The van der Waals surface area contributed by atoms with Crippen LogP contribution in [0.25, 0.3) is 10.9 Å². The number of aryl methyl sites for hydroxylation is 1. The second-order valence-electron chi connectivity index (χ2n) is 8.20. The van der Waals surface area contributed by atoms with Crippen molar-refractivity contribution in [2.75, 3.05) is 38.1 Å². The molecule has 0 unspecified atom stereocenters. The summed E-state index contributed by atoms with van der Waals surface area (Å²) in [4.78, 5) is 29.4. The summed E-state index contributed by atoms with van der Waals surface area (Å²) in [5.41, 5.74) is 1.39. The maximum absolute atomic E-state index is 15.1. The van der Waals surface area contributed by atoms with E-state index in [1.165, 1.54) is 11.0 Å². The maximum Gasteiger partial charge on any atom is 0.257 e. The standard InChI is InChI=1S/C24H26ClFN4O2/c1-3-29-15-18(24(32)27-14-16-6-4-5-7-19(16)25)23(31)17-12-20(26)22(13-21(17)29)30-10-8-28(2)9-11-30/h4-7,12-13,15H,3,8-11,14H2,1-2H3,(H,27,32)/p+1. The molecule has 1 aromatic heterocycles. The quantitative estimate of drug-likeness (QED) is 0.616. The number of hydrogen-bond donors (Lipinski definition) is 2. The molecule has 8 heteroatoms. The minimum Gasteiger partial charge on any atom is -0.358 e. The molecule has 1 aliphatic heterocycles. The molecule has 0 saturated carbocycles. The van der Waals surface area contributed by atoms with E-state index < -0.39 is 17.2 Å². The number of halogens is 2. The van der Waals surface area contributed by atoms with Crippen molar-refractivity contribution in [2.45, 2.75) is 20.0 Å². The minimum atomic E-state index is -0.509. The molecular formula is C24H27ClFN4O2+. The average Bonchev–Trinajstić information content (AvgIpc) is 2.79. The predicted octanol–water partition coefficient (Wildman–Crippen LogP) is 2.08. The molecule has 2 aromatic carbocycles. The van der Waals surface area contributed by atoms with E-state index >= 15 is 4.39 Å². The van der Waals surface area contributed by atoms with Gasteiger partial charge in [-0.1, -0.05) is 29.8 Å². The average molecular weight is 458 g/mol. The van der Waals surface area contributed by atoms with E-state index in [-0.39, 0.29) is 17.5 Å². The summed E-state index contributed by atoms with van der Waals surface area (Å²) in [5.74, 6) is -0.948. The van der Waals surface area contributed by atoms with Crippen LogP contribution in [-0.4, -0.2) is 43.7 Å². The molecule has 168 valence electrons. The molecule has 0 aliphatic carbocycles. The molecule has 6 nitrogen and oxygen atoms in total. The molecule has 1 fully saturated rings. The van der Waals surface area contributed by atoms with Crippen molar-refractivity contribution in [3.8, 4) is 0 Å². The topological polar surface area (TPSA) is 58.8 Å². The first-order valence-electron chi connectivity index (χ1n) is 10.8. The second kappa shape index (κ2) is 9.30. The van der Waals surface area contributed by atoms with E-state index in [2.05, 4.69) is 12.4 Å². The Kier molecular flexibility index (Phi) is 6.48. The fraction of sp³-hybridized carbons (Fsp3) is 0.333. The monoisotopic (exact) mass is 457 g/mol. The molecule has 2 heterocycles. The number of rotatable bonds is 5. The van der Waals surface area contributed by atoms with Gasteiger partial charge in [-0.15, -0.1) is 0 Å². The van der Waals surface area contributed by atoms with E-state index in [1.807, 2.05) is 34.6 Å². The number of benzene rings is 2. The van der Waals surface area contributed by atoms with Crippen LogP contribution in [0.3, 0.4) is 0 Å². The molecule has 0 spiro atoms. The second-order valence-corrected chi connectivity index (χ2v) is 8.60. The Hall–Kier alpha value is -2.90. The number of anilines is 1. The van der Waals surface area contributed by atoms with Gasteiger partial charge >= 0.3 is 0 Å². The number of carbonyl (C=O) groups excluding carboxylic acids is 1. The lowest BCUT2D eigenvalue weighted by Gasteiger charge is -2.32. The summed E-state index contributed by atoms with van der Waals surface area (Å²) in [7, 11) is 2.13. The first-order chi connectivity index (χ1) is 15.4. The zero-order valence-corrected chi connectivity index (χ0v) is 19.0. The van der Waals surface area contributed by atoms with Crippen molar-refractivity contribution in [3.63, 3.8) is 0 Å². The van der Waals surface area contributed by atoms with Crippen LogP contribution in [0.5, 0.6) is 0 Å². The number of pyridine rings is 1. The molecule has 32 heavy (non-hydrogen) atoms. The van der Waals surface area contributed by atoms with Crippen molar-refractivity contribution < 1.29 is 14.1 Å². The lowest BCUT2D eigenvalue weighted by Crippen LogP contribution is -3.12. The molecule has 4 rings (SSSR count). The van der Waals surface area contributed by atoms with Gasteiger partial charge in [0, 0.05) is 29.7 Å². The van der Waals surface area contributed by atoms with E-state index in [0.717, 1.165) is 31.7 Å². The Labute approximate surface area is 191 Å². The van der Waals surface area contributed by atoms with Crippen molar-refractivity contribution in [1.29, 1.82) is 0 Å². The molecule has 1 saturated heterocycles. The number of carbonyl (C=O) groups is 1. The fourth-order valence-electron chi connectivity index (χ4n) is 4.11. The third-order valence-corrected chi connectivity index (χ3v) is 6.46. The first kappa shape index (κ1) is 22.3. The Morgan fingerprint density at radius 3 is 2.62 bits per heavy atom. The molecule has 2 N–H and O–H groups in total. The molecule has 1 amide bonds. The number of fused-ring (bicyclic) bond motifs is 1. The summed E-state index contributed by atoms with van der Waals surface area (Å²) in [6, 6.07) is 10.2. The minimum absolute atomic E-state index is 0.0123. The molecule has 0 atom stereocenters. The third-order valence-electron chi connectivity index (χ3n) is 6.09. The van der Waals surface area contributed by atoms with Crippen LogP contribution < -0.4 is 20.5 Å². The fourth-order valence-corrected chi connectivity index (χ4v) is 4.31. The molecule has 0 radical (unpaired) electrons. The highest BCUT2D eigenvalue weighted by Crippen LogP contribution is 2.25. The van der Waals surface area contributed by atoms with Gasteiger partial charge in [-0.05, 0) is 30.7 Å². The van der Waals surface area contributed by atoms with Gasteiger partial charge in [-0.3, -0.25) is 9.59 Å². The zero-order chi connectivity index (χ0) is 22.8. The smallest absolute Gasteiger partial charge is 0.257 e. The van der Waals surface area contributed by atoms with E-state index in [1.54, 1.807) is 18.3 Å². The Bertz CT molecular complexity index is 1220.